The van der Waals surface area contributed by atoms with Gasteiger partial charge in [-0.1, -0.05) is 26.8 Å². The van der Waals surface area contributed by atoms with Crippen molar-refractivity contribution in [2.45, 2.75) is 26.2 Å². The summed E-state index contributed by atoms with van der Waals surface area (Å²) in [6.07, 6.45) is 0. The third-order valence-electron chi connectivity index (χ3n) is 2.67. The number of hydrogen-bond donors (Lipinski definition) is 1. The van der Waals surface area contributed by atoms with Crippen LogP contribution in [0, 0.1) is 0 Å². The van der Waals surface area contributed by atoms with Crippen molar-refractivity contribution in [3.05, 3.63) is 39.4 Å². The Morgan fingerprint density at radius 2 is 1.94 bits per heavy atom. The van der Waals surface area contributed by atoms with Crippen LogP contribution in [-0.2, 0) is 5.41 Å². The van der Waals surface area contributed by atoms with Crippen LogP contribution in [0.4, 0.5) is 5.69 Å². The van der Waals surface area contributed by atoms with Gasteiger partial charge in [0.1, 0.15) is 0 Å². The first-order valence-corrected chi connectivity index (χ1v) is 6.09. The molecule has 0 aliphatic carbocycles. The van der Waals surface area contributed by atoms with Crippen LogP contribution in [-0.4, -0.2) is 0 Å². The van der Waals surface area contributed by atoms with Gasteiger partial charge < -0.3 is 5.73 Å². The predicted octanol–water partition coefficient (Wildman–Crippen LogP) is 3.14. The smallest absolute Gasteiger partial charge is 0.210 e. The zero-order chi connectivity index (χ0) is 11.9. The predicted molar refractivity (Wildman–Crippen MR) is 71.2 cm³/mol. The summed E-state index contributed by atoms with van der Waals surface area (Å²) in [5.41, 5.74) is 7.14. The number of rotatable bonds is 0. The van der Waals surface area contributed by atoms with Gasteiger partial charge in [-0.25, -0.2) is 0 Å². The zero-order valence-corrected chi connectivity index (χ0v) is 10.5. The molecule has 3 heteroatoms. The van der Waals surface area contributed by atoms with Crippen molar-refractivity contribution in [2.24, 2.45) is 0 Å². The second kappa shape index (κ2) is 3.59. The topological polar surface area (TPSA) is 43.1 Å². The summed E-state index contributed by atoms with van der Waals surface area (Å²) in [7, 11) is 0. The molecule has 2 N–H and O–H groups in total. The highest BCUT2D eigenvalue weighted by Crippen LogP contribution is 2.26. The molecule has 1 aromatic carbocycles. The van der Waals surface area contributed by atoms with Crippen molar-refractivity contribution in [3.63, 3.8) is 0 Å². The van der Waals surface area contributed by atoms with Gasteiger partial charge in [0.2, 0.25) is 5.43 Å². The Kier molecular flexibility index (Phi) is 2.50. The molecule has 0 atom stereocenters. The summed E-state index contributed by atoms with van der Waals surface area (Å²) < 4.78 is 0.993. The molecule has 2 rings (SSSR count). The number of benzene rings is 1. The van der Waals surface area contributed by atoms with Crippen LogP contribution < -0.4 is 11.2 Å². The van der Waals surface area contributed by atoms with Gasteiger partial charge in [0, 0.05) is 15.5 Å². The normalized spacial score (nSPS) is 11.9. The summed E-state index contributed by atoms with van der Waals surface area (Å²) in [5.74, 6) is 0. The van der Waals surface area contributed by atoms with Crippen LogP contribution in [0.1, 0.15) is 26.3 Å². The van der Waals surface area contributed by atoms with Crippen LogP contribution in [0.5, 0.6) is 0 Å². The van der Waals surface area contributed by atoms with Gasteiger partial charge in [0.05, 0.1) is 5.69 Å². The van der Waals surface area contributed by atoms with Crippen LogP contribution in [0.2, 0.25) is 0 Å². The molecule has 16 heavy (non-hydrogen) atoms. The van der Waals surface area contributed by atoms with E-state index >= 15 is 0 Å². The van der Waals surface area contributed by atoms with Gasteiger partial charge >= 0.3 is 0 Å². The Balaban J connectivity index is 2.79. The van der Waals surface area contributed by atoms with Gasteiger partial charge in [-0.3, -0.25) is 4.79 Å². The lowest BCUT2D eigenvalue weighted by molar-refractivity contribution is 0.591. The molecule has 0 aliphatic heterocycles. The number of anilines is 1. The molecule has 84 valence electrons. The van der Waals surface area contributed by atoms with E-state index in [0.717, 1.165) is 15.6 Å². The van der Waals surface area contributed by atoms with E-state index in [9.17, 15) is 4.79 Å². The van der Waals surface area contributed by atoms with Crippen molar-refractivity contribution >= 4 is 27.1 Å². The average molecular weight is 233 g/mol. The average Bonchev–Trinajstić information content (AvgIpc) is 2.22. The Hall–Kier alpha value is -1.35. The Morgan fingerprint density at radius 3 is 2.56 bits per heavy atom. The molecule has 0 amide bonds. The SMILES string of the molecule is CC(C)(C)c1ccc2scc(N)c(=O)c2c1. The highest BCUT2D eigenvalue weighted by molar-refractivity contribution is 7.16. The van der Waals surface area contributed by atoms with Gasteiger partial charge in [0.15, 0.2) is 0 Å². The third kappa shape index (κ3) is 1.83. The van der Waals surface area contributed by atoms with Gasteiger partial charge in [0.25, 0.3) is 0 Å². The number of nitrogens with two attached hydrogens (primary N) is 1. The molecule has 1 aromatic heterocycles. The lowest BCUT2D eigenvalue weighted by Gasteiger charge is -2.19. The van der Waals surface area contributed by atoms with E-state index in [0.29, 0.717) is 5.69 Å². The fourth-order valence-corrected chi connectivity index (χ4v) is 2.40. The summed E-state index contributed by atoms with van der Waals surface area (Å²) in [5, 5.41) is 2.44. The van der Waals surface area contributed by atoms with Crippen molar-refractivity contribution in [1.29, 1.82) is 0 Å². The van der Waals surface area contributed by atoms with E-state index in [1.165, 1.54) is 11.3 Å². The van der Waals surface area contributed by atoms with E-state index in [1.807, 2.05) is 12.1 Å². The summed E-state index contributed by atoms with van der Waals surface area (Å²) in [4.78, 5) is 11.9. The van der Waals surface area contributed by atoms with Crippen LogP contribution in [0.25, 0.3) is 10.1 Å². The molecular formula is C13H15NOS. The second-order valence-corrected chi connectivity index (χ2v) is 5.89. The lowest BCUT2D eigenvalue weighted by atomic mass is 9.86. The summed E-state index contributed by atoms with van der Waals surface area (Å²) >= 11 is 1.51. The maximum absolute atomic E-state index is 11.9. The standard InChI is InChI=1S/C13H15NOS/c1-13(2,3)8-4-5-11-9(6-8)12(15)10(14)7-16-11/h4-7H,14H2,1-3H3. The van der Waals surface area contributed by atoms with Crippen LogP contribution in [0.15, 0.2) is 28.4 Å². The van der Waals surface area contributed by atoms with Gasteiger partial charge in [-0.15, -0.1) is 11.3 Å². The molecule has 0 bridgehead atoms. The minimum Gasteiger partial charge on any atom is -0.395 e. The van der Waals surface area contributed by atoms with Crippen LogP contribution >= 0.6 is 11.3 Å². The van der Waals surface area contributed by atoms with Crippen LogP contribution in [0.3, 0.4) is 0 Å². The van der Waals surface area contributed by atoms with E-state index in [1.54, 1.807) is 5.38 Å². The molecule has 0 spiro atoms. The molecular weight excluding hydrogens is 218 g/mol. The first kappa shape index (κ1) is 11.1. The lowest BCUT2D eigenvalue weighted by Crippen LogP contribution is -2.13. The highest BCUT2D eigenvalue weighted by Gasteiger charge is 2.14. The van der Waals surface area contributed by atoms with Crippen molar-refractivity contribution < 1.29 is 0 Å². The van der Waals surface area contributed by atoms with Crippen molar-refractivity contribution in [3.8, 4) is 0 Å². The molecule has 2 nitrogen and oxygen atoms in total. The first-order valence-electron chi connectivity index (χ1n) is 5.21. The highest BCUT2D eigenvalue weighted by atomic mass is 32.1. The number of hydrogen-bond acceptors (Lipinski definition) is 3. The maximum atomic E-state index is 11.9. The molecule has 2 aromatic rings. The molecule has 0 fully saturated rings. The maximum Gasteiger partial charge on any atom is 0.210 e. The largest absolute Gasteiger partial charge is 0.395 e. The van der Waals surface area contributed by atoms with E-state index in [-0.39, 0.29) is 10.8 Å². The minimum atomic E-state index is -0.0557. The molecule has 0 aliphatic rings. The molecule has 0 unspecified atom stereocenters. The van der Waals surface area contributed by atoms with Gasteiger partial charge in [-0.05, 0) is 23.1 Å². The van der Waals surface area contributed by atoms with E-state index < -0.39 is 0 Å². The Bertz CT molecular complexity index is 593. The molecule has 0 radical (unpaired) electrons. The molecule has 0 saturated carbocycles. The molecule has 1 heterocycles. The first-order chi connectivity index (χ1) is 7.39. The fraction of sp³-hybridized carbons (Fsp3) is 0.308. The fourth-order valence-electron chi connectivity index (χ4n) is 1.61. The minimum absolute atomic E-state index is 0.0515. The molecule has 0 saturated heterocycles. The summed E-state index contributed by atoms with van der Waals surface area (Å²) in [6.45, 7) is 6.40. The summed E-state index contributed by atoms with van der Waals surface area (Å²) in [6, 6.07) is 6.04. The van der Waals surface area contributed by atoms with Gasteiger partial charge in [-0.2, -0.15) is 0 Å². The number of fused-ring (bicyclic) bond motifs is 1. The van der Waals surface area contributed by atoms with Crippen molar-refractivity contribution in [2.75, 3.05) is 5.73 Å². The third-order valence-corrected chi connectivity index (χ3v) is 3.65. The van der Waals surface area contributed by atoms with Crippen molar-refractivity contribution in [1.82, 2.24) is 0 Å². The van der Waals surface area contributed by atoms with E-state index in [2.05, 4.69) is 26.8 Å². The Morgan fingerprint density at radius 1 is 1.25 bits per heavy atom. The number of nitrogen functional groups attached to an aromatic ring is 1. The Labute approximate surface area is 98.7 Å². The van der Waals surface area contributed by atoms with E-state index in [4.69, 9.17) is 5.73 Å². The quantitative estimate of drug-likeness (QED) is 0.759. The zero-order valence-electron chi connectivity index (χ0n) is 9.70. The second-order valence-electron chi connectivity index (χ2n) is 4.98. The monoisotopic (exact) mass is 233 g/mol.